The number of rotatable bonds is 3. The third-order valence-electron chi connectivity index (χ3n) is 3.27. The fourth-order valence-electron chi connectivity index (χ4n) is 2.48. The topological polar surface area (TPSA) is 41.8 Å². The maximum Gasteiger partial charge on any atom is 0.0467 e. The van der Waals surface area contributed by atoms with Gasteiger partial charge in [0.25, 0.3) is 0 Å². The Labute approximate surface area is 100 Å². The van der Waals surface area contributed by atoms with Crippen molar-refractivity contribution in [3.63, 3.8) is 0 Å². The quantitative estimate of drug-likeness (QED) is 0.704. The predicted molar refractivity (Wildman–Crippen MR) is 73.2 cm³/mol. The molecule has 3 N–H and O–H groups in total. The van der Waals surface area contributed by atoms with Crippen LogP contribution < -0.4 is 5.73 Å². The number of nitrogens with one attached hydrogen (secondary N) is 1. The molecule has 0 fully saturated rings. The number of hydrogen-bond acceptors (Lipinski definition) is 1. The van der Waals surface area contributed by atoms with E-state index in [-0.39, 0.29) is 0 Å². The molecular weight excluding hydrogens is 208 g/mol. The van der Waals surface area contributed by atoms with Gasteiger partial charge in [-0.05, 0) is 37.1 Å². The monoisotopic (exact) mass is 224 g/mol. The smallest absolute Gasteiger partial charge is 0.0467 e. The Hall–Kier alpha value is -1.80. The molecule has 86 valence electrons. The fraction of sp³-hybridized carbons (Fsp3) is 0.200. The number of benzene rings is 2. The van der Waals surface area contributed by atoms with E-state index in [0.29, 0.717) is 0 Å². The Balaban J connectivity index is 2.28. The van der Waals surface area contributed by atoms with Crippen LogP contribution >= 0.6 is 0 Å². The van der Waals surface area contributed by atoms with Crippen LogP contribution in [0.5, 0.6) is 0 Å². The molecule has 2 heteroatoms. The van der Waals surface area contributed by atoms with Gasteiger partial charge in [-0.3, -0.25) is 0 Å². The number of para-hydroxylation sites is 1. The van der Waals surface area contributed by atoms with Crippen LogP contribution in [0.25, 0.3) is 21.8 Å². The lowest BCUT2D eigenvalue weighted by Gasteiger charge is -2.02. The molecule has 2 aromatic carbocycles. The number of fused-ring (bicyclic) bond motifs is 3. The van der Waals surface area contributed by atoms with E-state index in [0.717, 1.165) is 19.4 Å². The highest BCUT2D eigenvalue weighted by atomic mass is 14.7. The summed E-state index contributed by atoms with van der Waals surface area (Å²) in [5, 5.41) is 2.67. The van der Waals surface area contributed by atoms with Crippen molar-refractivity contribution in [3.05, 3.63) is 48.0 Å². The second kappa shape index (κ2) is 4.22. The average Bonchev–Trinajstić information content (AvgIpc) is 2.75. The molecule has 0 aliphatic rings. The summed E-state index contributed by atoms with van der Waals surface area (Å²) in [6.07, 6.45) is 2.09. The first-order chi connectivity index (χ1) is 8.40. The number of hydrogen-bond donors (Lipinski definition) is 2. The number of aryl methyl sites for hydroxylation is 1. The van der Waals surface area contributed by atoms with E-state index < -0.39 is 0 Å². The lowest BCUT2D eigenvalue weighted by Crippen LogP contribution is -2.00. The van der Waals surface area contributed by atoms with Gasteiger partial charge in [-0.15, -0.1) is 0 Å². The molecule has 17 heavy (non-hydrogen) atoms. The van der Waals surface area contributed by atoms with Crippen molar-refractivity contribution in [2.75, 3.05) is 6.54 Å². The van der Waals surface area contributed by atoms with Crippen molar-refractivity contribution in [3.8, 4) is 0 Å². The molecule has 3 rings (SSSR count). The number of nitrogens with two attached hydrogens (primary N) is 1. The van der Waals surface area contributed by atoms with E-state index in [2.05, 4.69) is 47.4 Å². The molecule has 0 saturated carbocycles. The molecule has 0 radical (unpaired) electrons. The van der Waals surface area contributed by atoms with Crippen molar-refractivity contribution in [1.29, 1.82) is 0 Å². The van der Waals surface area contributed by atoms with Gasteiger partial charge in [0.05, 0.1) is 0 Å². The summed E-state index contributed by atoms with van der Waals surface area (Å²) in [6, 6.07) is 14.9. The lowest BCUT2D eigenvalue weighted by atomic mass is 10.0. The fourth-order valence-corrected chi connectivity index (χ4v) is 2.48. The highest BCUT2D eigenvalue weighted by Gasteiger charge is 2.07. The summed E-state index contributed by atoms with van der Waals surface area (Å²) < 4.78 is 0. The zero-order valence-corrected chi connectivity index (χ0v) is 9.74. The molecule has 0 amide bonds. The van der Waals surface area contributed by atoms with Crippen molar-refractivity contribution < 1.29 is 0 Å². The summed E-state index contributed by atoms with van der Waals surface area (Å²) in [5.74, 6) is 0. The molecule has 0 aliphatic heterocycles. The van der Waals surface area contributed by atoms with Crippen LogP contribution in [0.2, 0.25) is 0 Å². The van der Waals surface area contributed by atoms with Crippen LogP contribution in [0.4, 0.5) is 0 Å². The minimum absolute atomic E-state index is 0.749. The molecule has 0 bridgehead atoms. The van der Waals surface area contributed by atoms with E-state index >= 15 is 0 Å². The van der Waals surface area contributed by atoms with Gasteiger partial charge >= 0.3 is 0 Å². The van der Waals surface area contributed by atoms with Crippen LogP contribution in [-0.4, -0.2) is 11.5 Å². The van der Waals surface area contributed by atoms with Crippen LogP contribution in [-0.2, 0) is 6.42 Å². The Bertz CT molecular complexity index is 652. The van der Waals surface area contributed by atoms with Gasteiger partial charge < -0.3 is 10.7 Å². The van der Waals surface area contributed by atoms with E-state index in [1.165, 1.54) is 27.4 Å². The predicted octanol–water partition coefficient (Wildman–Crippen LogP) is 3.21. The molecule has 0 atom stereocenters. The largest absolute Gasteiger partial charge is 0.355 e. The maximum atomic E-state index is 5.60. The molecule has 1 heterocycles. The van der Waals surface area contributed by atoms with Crippen LogP contribution in [0, 0.1) is 0 Å². The SMILES string of the molecule is NCCCc1cccc2[nH]c3ccccc3c12. The third kappa shape index (κ3) is 1.71. The molecule has 2 nitrogen and oxygen atoms in total. The summed E-state index contributed by atoms with van der Waals surface area (Å²) in [7, 11) is 0. The Morgan fingerprint density at radius 2 is 1.76 bits per heavy atom. The van der Waals surface area contributed by atoms with Crippen molar-refractivity contribution in [2.45, 2.75) is 12.8 Å². The molecule has 3 aromatic rings. The molecule has 0 unspecified atom stereocenters. The van der Waals surface area contributed by atoms with Crippen molar-refractivity contribution in [1.82, 2.24) is 4.98 Å². The summed E-state index contributed by atoms with van der Waals surface area (Å²) in [4.78, 5) is 3.46. The van der Waals surface area contributed by atoms with E-state index in [9.17, 15) is 0 Å². The highest BCUT2D eigenvalue weighted by Crippen LogP contribution is 2.28. The van der Waals surface area contributed by atoms with Gasteiger partial charge in [0.15, 0.2) is 0 Å². The normalized spacial score (nSPS) is 11.4. The zero-order chi connectivity index (χ0) is 11.7. The van der Waals surface area contributed by atoms with Gasteiger partial charge in [-0.2, -0.15) is 0 Å². The molecule has 0 saturated heterocycles. The van der Waals surface area contributed by atoms with Crippen LogP contribution in [0.3, 0.4) is 0 Å². The molecule has 0 aliphatic carbocycles. The minimum atomic E-state index is 0.749. The lowest BCUT2D eigenvalue weighted by molar-refractivity contribution is 0.837. The second-order valence-electron chi connectivity index (χ2n) is 4.40. The van der Waals surface area contributed by atoms with E-state index in [4.69, 9.17) is 5.73 Å². The van der Waals surface area contributed by atoms with Gasteiger partial charge in [0.2, 0.25) is 0 Å². The highest BCUT2D eigenvalue weighted by molar-refractivity contribution is 6.08. The molecule has 0 spiro atoms. The van der Waals surface area contributed by atoms with Crippen LogP contribution in [0.15, 0.2) is 42.5 Å². The zero-order valence-electron chi connectivity index (χ0n) is 9.74. The van der Waals surface area contributed by atoms with E-state index in [1.807, 2.05) is 0 Å². The van der Waals surface area contributed by atoms with Gasteiger partial charge in [0, 0.05) is 21.8 Å². The first-order valence-corrected chi connectivity index (χ1v) is 6.08. The number of H-pyrrole nitrogens is 1. The first kappa shape index (κ1) is 10.4. The van der Waals surface area contributed by atoms with E-state index in [1.54, 1.807) is 0 Å². The third-order valence-corrected chi connectivity index (χ3v) is 3.27. The van der Waals surface area contributed by atoms with Gasteiger partial charge in [0.1, 0.15) is 0 Å². The number of aromatic nitrogens is 1. The van der Waals surface area contributed by atoms with Gasteiger partial charge in [-0.25, -0.2) is 0 Å². The number of aromatic amines is 1. The Kier molecular flexibility index (Phi) is 2.57. The minimum Gasteiger partial charge on any atom is -0.355 e. The van der Waals surface area contributed by atoms with Gasteiger partial charge in [-0.1, -0.05) is 30.3 Å². The average molecular weight is 224 g/mol. The van der Waals surface area contributed by atoms with Crippen molar-refractivity contribution in [2.24, 2.45) is 5.73 Å². The Morgan fingerprint density at radius 1 is 0.941 bits per heavy atom. The van der Waals surface area contributed by atoms with Crippen molar-refractivity contribution >= 4 is 21.8 Å². The maximum absolute atomic E-state index is 5.60. The summed E-state index contributed by atoms with van der Waals surface area (Å²) >= 11 is 0. The van der Waals surface area contributed by atoms with Crippen LogP contribution in [0.1, 0.15) is 12.0 Å². The summed E-state index contributed by atoms with van der Waals surface area (Å²) in [6.45, 7) is 0.749. The Morgan fingerprint density at radius 3 is 2.65 bits per heavy atom. The molecule has 1 aromatic heterocycles. The standard InChI is InChI=1S/C15H16N2/c16-10-4-6-11-5-3-9-14-15(11)12-7-1-2-8-13(12)17-14/h1-3,5,7-9,17H,4,6,10,16H2. The second-order valence-corrected chi connectivity index (χ2v) is 4.40. The first-order valence-electron chi connectivity index (χ1n) is 6.08. The molecular formula is C15H16N2. The summed E-state index contributed by atoms with van der Waals surface area (Å²) in [5.41, 5.74) is 9.43.